The summed E-state index contributed by atoms with van der Waals surface area (Å²) in [5, 5.41) is 1.01. The molecule has 1 aliphatic heterocycles. The summed E-state index contributed by atoms with van der Waals surface area (Å²) in [5.74, 6) is 0.271. The Balaban J connectivity index is 2.29. The molecule has 1 unspecified atom stereocenters. The van der Waals surface area contributed by atoms with Crippen LogP contribution in [0.5, 0.6) is 0 Å². The molecule has 0 bridgehead atoms. The van der Waals surface area contributed by atoms with Crippen molar-refractivity contribution in [3.05, 3.63) is 28.2 Å². The SMILES string of the molecule is CC1CCCN(c2ccc(Cl)c(Cl)c2)C1=O. The molecule has 1 amide bonds. The molecule has 1 atom stereocenters. The van der Waals surface area contributed by atoms with Crippen molar-refractivity contribution < 1.29 is 4.79 Å². The molecule has 1 heterocycles. The van der Waals surface area contributed by atoms with Crippen LogP contribution in [0.1, 0.15) is 19.8 Å². The zero-order valence-electron chi connectivity index (χ0n) is 9.04. The van der Waals surface area contributed by atoms with Crippen LogP contribution in [0, 0.1) is 5.92 Å². The Hall–Kier alpha value is -0.730. The molecule has 1 aromatic rings. The first-order chi connectivity index (χ1) is 7.59. The molecule has 1 fully saturated rings. The number of hydrogen-bond acceptors (Lipinski definition) is 1. The van der Waals surface area contributed by atoms with Gasteiger partial charge in [0.15, 0.2) is 0 Å². The molecule has 0 aromatic heterocycles. The van der Waals surface area contributed by atoms with Gasteiger partial charge >= 0.3 is 0 Å². The fraction of sp³-hybridized carbons (Fsp3) is 0.417. The lowest BCUT2D eigenvalue weighted by atomic mass is 9.99. The van der Waals surface area contributed by atoms with Crippen molar-refractivity contribution >= 4 is 34.8 Å². The number of nitrogens with zero attached hydrogens (tertiary/aromatic N) is 1. The first-order valence-electron chi connectivity index (χ1n) is 5.36. The predicted molar refractivity (Wildman–Crippen MR) is 67.2 cm³/mol. The monoisotopic (exact) mass is 257 g/mol. The maximum atomic E-state index is 12.0. The molecule has 1 aliphatic rings. The van der Waals surface area contributed by atoms with Gasteiger partial charge in [-0.25, -0.2) is 0 Å². The molecule has 0 N–H and O–H groups in total. The second-order valence-electron chi connectivity index (χ2n) is 4.13. The van der Waals surface area contributed by atoms with Crippen LogP contribution in [0.2, 0.25) is 10.0 Å². The fourth-order valence-electron chi connectivity index (χ4n) is 1.96. The molecule has 0 aliphatic carbocycles. The summed E-state index contributed by atoms with van der Waals surface area (Å²) in [7, 11) is 0. The second-order valence-corrected chi connectivity index (χ2v) is 4.95. The molecule has 4 heteroatoms. The summed E-state index contributed by atoms with van der Waals surface area (Å²) in [4.78, 5) is 13.8. The predicted octanol–water partition coefficient (Wildman–Crippen LogP) is 3.76. The number of rotatable bonds is 1. The topological polar surface area (TPSA) is 20.3 Å². The summed E-state index contributed by atoms with van der Waals surface area (Å²) in [6.45, 7) is 2.73. The number of halogens is 2. The number of carbonyl (C=O) groups excluding carboxylic acids is 1. The van der Waals surface area contributed by atoms with Crippen molar-refractivity contribution in [1.29, 1.82) is 0 Å². The van der Waals surface area contributed by atoms with E-state index in [2.05, 4.69) is 0 Å². The molecular formula is C12H13Cl2NO. The minimum absolute atomic E-state index is 0.100. The van der Waals surface area contributed by atoms with Gasteiger partial charge in [0.1, 0.15) is 0 Å². The van der Waals surface area contributed by atoms with Crippen molar-refractivity contribution in [2.75, 3.05) is 11.4 Å². The molecular weight excluding hydrogens is 245 g/mol. The van der Waals surface area contributed by atoms with Gasteiger partial charge in [-0.2, -0.15) is 0 Å². The Kier molecular flexibility index (Phi) is 3.41. The first kappa shape index (κ1) is 11.7. The smallest absolute Gasteiger partial charge is 0.229 e. The summed E-state index contributed by atoms with van der Waals surface area (Å²) in [6, 6.07) is 5.32. The van der Waals surface area contributed by atoms with Crippen LogP contribution >= 0.6 is 23.2 Å². The van der Waals surface area contributed by atoms with Crippen molar-refractivity contribution in [3.63, 3.8) is 0 Å². The van der Waals surface area contributed by atoms with Gasteiger partial charge in [-0.1, -0.05) is 30.1 Å². The van der Waals surface area contributed by atoms with Crippen molar-refractivity contribution in [3.8, 4) is 0 Å². The fourth-order valence-corrected chi connectivity index (χ4v) is 2.26. The molecule has 2 rings (SSSR count). The molecule has 16 heavy (non-hydrogen) atoms. The molecule has 0 radical (unpaired) electrons. The van der Waals surface area contributed by atoms with Crippen molar-refractivity contribution in [2.24, 2.45) is 5.92 Å². The lowest BCUT2D eigenvalue weighted by Crippen LogP contribution is -2.40. The van der Waals surface area contributed by atoms with Gasteiger partial charge in [-0.3, -0.25) is 4.79 Å². The van der Waals surface area contributed by atoms with E-state index in [0.717, 1.165) is 25.1 Å². The van der Waals surface area contributed by atoms with Crippen LogP contribution < -0.4 is 4.90 Å². The van der Waals surface area contributed by atoms with E-state index in [4.69, 9.17) is 23.2 Å². The van der Waals surface area contributed by atoms with E-state index in [1.165, 1.54) is 0 Å². The molecule has 0 saturated carbocycles. The molecule has 1 saturated heterocycles. The van der Waals surface area contributed by atoms with Crippen molar-refractivity contribution in [1.82, 2.24) is 0 Å². The Bertz CT molecular complexity index is 419. The summed E-state index contributed by atoms with van der Waals surface area (Å²) in [6.07, 6.45) is 2.00. The molecule has 0 spiro atoms. The third kappa shape index (κ3) is 2.18. The minimum atomic E-state index is 0.100. The average Bonchev–Trinajstić information content (AvgIpc) is 2.26. The molecule has 86 valence electrons. The van der Waals surface area contributed by atoms with Crippen LogP contribution in [-0.2, 0) is 4.79 Å². The largest absolute Gasteiger partial charge is 0.312 e. The number of benzene rings is 1. The third-order valence-corrected chi connectivity index (χ3v) is 3.66. The highest BCUT2D eigenvalue weighted by molar-refractivity contribution is 6.42. The number of piperidine rings is 1. The Morgan fingerprint density at radius 2 is 2.06 bits per heavy atom. The van der Waals surface area contributed by atoms with Crippen LogP contribution in [0.4, 0.5) is 5.69 Å². The van der Waals surface area contributed by atoms with E-state index in [-0.39, 0.29) is 11.8 Å². The minimum Gasteiger partial charge on any atom is -0.312 e. The van der Waals surface area contributed by atoms with Crippen LogP contribution in [0.25, 0.3) is 0 Å². The van der Waals surface area contributed by atoms with Crippen molar-refractivity contribution in [2.45, 2.75) is 19.8 Å². The number of carbonyl (C=O) groups is 1. The van der Waals surface area contributed by atoms with Crippen LogP contribution in [0.15, 0.2) is 18.2 Å². The molecule has 1 aromatic carbocycles. The van der Waals surface area contributed by atoms with E-state index < -0.39 is 0 Å². The van der Waals surface area contributed by atoms with Gasteiger partial charge < -0.3 is 4.90 Å². The Morgan fingerprint density at radius 3 is 2.75 bits per heavy atom. The number of hydrogen-bond donors (Lipinski definition) is 0. The quantitative estimate of drug-likeness (QED) is 0.751. The number of amides is 1. The van der Waals surface area contributed by atoms with Crippen LogP contribution in [-0.4, -0.2) is 12.5 Å². The van der Waals surface area contributed by atoms with E-state index in [1.807, 2.05) is 13.0 Å². The highest BCUT2D eigenvalue weighted by Crippen LogP contribution is 2.30. The maximum Gasteiger partial charge on any atom is 0.229 e. The maximum absolute atomic E-state index is 12.0. The van der Waals surface area contributed by atoms with Gasteiger partial charge in [0, 0.05) is 18.2 Å². The van der Waals surface area contributed by atoms with Gasteiger partial charge in [-0.05, 0) is 31.0 Å². The summed E-state index contributed by atoms with van der Waals surface area (Å²) < 4.78 is 0. The first-order valence-corrected chi connectivity index (χ1v) is 6.11. The standard InChI is InChI=1S/C12H13Cl2NO/c1-8-3-2-6-15(12(8)16)9-4-5-10(13)11(14)7-9/h4-5,7-8H,2-3,6H2,1H3. The Morgan fingerprint density at radius 1 is 1.31 bits per heavy atom. The average molecular weight is 258 g/mol. The van der Waals surface area contributed by atoms with Crippen LogP contribution in [0.3, 0.4) is 0 Å². The third-order valence-electron chi connectivity index (χ3n) is 2.92. The van der Waals surface area contributed by atoms with Gasteiger partial charge in [0.05, 0.1) is 10.0 Å². The number of anilines is 1. The van der Waals surface area contributed by atoms with Gasteiger partial charge in [0.25, 0.3) is 0 Å². The summed E-state index contributed by atoms with van der Waals surface area (Å²) in [5.41, 5.74) is 0.839. The van der Waals surface area contributed by atoms with E-state index in [9.17, 15) is 4.79 Å². The molecule has 2 nitrogen and oxygen atoms in total. The van der Waals surface area contributed by atoms with E-state index >= 15 is 0 Å². The zero-order valence-corrected chi connectivity index (χ0v) is 10.6. The van der Waals surface area contributed by atoms with Gasteiger partial charge in [0.2, 0.25) is 5.91 Å². The highest BCUT2D eigenvalue weighted by Gasteiger charge is 2.26. The Labute approximate surface area is 105 Å². The summed E-state index contributed by atoms with van der Waals surface area (Å²) >= 11 is 11.8. The second kappa shape index (κ2) is 4.64. The lowest BCUT2D eigenvalue weighted by molar-refractivity contribution is -0.123. The van der Waals surface area contributed by atoms with E-state index in [0.29, 0.717) is 10.0 Å². The zero-order chi connectivity index (χ0) is 11.7. The van der Waals surface area contributed by atoms with E-state index in [1.54, 1.807) is 17.0 Å². The van der Waals surface area contributed by atoms with Gasteiger partial charge in [-0.15, -0.1) is 0 Å². The normalized spacial score (nSPS) is 21.3. The highest BCUT2D eigenvalue weighted by atomic mass is 35.5. The lowest BCUT2D eigenvalue weighted by Gasteiger charge is -2.30.